The summed E-state index contributed by atoms with van der Waals surface area (Å²) in [5.41, 5.74) is 15.8. The summed E-state index contributed by atoms with van der Waals surface area (Å²) in [5.74, 6) is 0.111. The molecule has 3 heterocycles. The Morgan fingerprint density at radius 1 is 1.33 bits per heavy atom. The van der Waals surface area contributed by atoms with Crippen LogP contribution in [0.2, 0.25) is 0 Å². The molecule has 0 spiro atoms. The van der Waals surface area contributed by atoms with E-state index in [1.807, 2.05) is 13.8 Å². The summed E-state index contributed by atoms with van der Waals surface area (Å²) in [4.78, 5) is 9.03. The molecule has 2 bridgehead atoms. The van der Waals surface area contributed by atoms with Crippen molar-refractivity contribution in [2.24, 2.45) is 10.7 Å². The molecular formula is C24H24FN7O. The van der Waals surface area contributed by atoms with Crippen molar-refractivity contribution >= 4 is 17.2 Å². The van der Waals surface area contributed by atoms with E-state index in [-0.39, 0.29) is 11.9 Å². The molecular weight excluding hydrogens is 421 g/mol. The van der Waals surface area contributed by atoms with Gasteiger partial charge in [0.05, 0.1) is 11.4 Å². The van der Waals surface area contributed by atoms with Gasteiger partial charge in [-0.15, -0.1) is 0 Å². The average Bonchev–Trinajstić information content (AvgIpc) is 3.14. The number of aliphatic imine (C=N–C) groups is 1. The molecule has 0 amide bonds. The molecule has 1 aromatic carbocycles. The number of hydrogen-bond acceptors (Lipinski definition) is 7. The van der Waals surface area contributed by atoms with E-state index in [0.29, 0.717) is 51.6 Å². The average molecular weight is 446 g/mol. The summed E-state index contributed by atoms with van der Waals surface area (Å²) in [6.45, 7) is 5.69. The van der Waals surface area contributed by atoms with E-state index in [1.165, 1.54) is 18.3 Å². The van der Waals surface area contributed by atoms with E-state index in [2.05, 4.69) is 11.1 Å². The van der Waals surface area contributed by atoms with Gasteiger partial charge >= 0.3 is 0 Å². The third kappa shape index (κ3) is 4.15. The minimum atomic E-state index is -0.574. The zero-order chi connectivity index (χ0) is 23.7. The van der Waals surface area contributed by atoms with Crippen molar-refractivity contribution in [2.75, 3.05) is 5.73 Å². The summed E-state index contributed by atoms with van der Waals surface area (Å²) in [6.07, 6.45) is 4.37. The number of pyridine rings is 1. The Hall–Kier alpha value is -4.19. The third-order valence-corrected chi connectivity index (χ3v) is 5.38. The summed E-state index contributed by atoms with van der Waals surface area (Å²) in [6, 6.07) is 8.28. The van der Waals surface area contributed by atoms with Crippen molar-refractivity contribution in [3.63, 3.8) is 0 Å². The topological polar surface area (TPSA) is 128 Å². The zero-order valence-electron chi connectivity index (χ0n) is 18.6. The third-order valence-electron chi connectivity index (χ3n) is 5.38. The fourth-order valence-corrected chi connectivity index (χ4v) is 3.86. The van der Waals surface area contributed by atoms with Crippen molar-refractivity contribution in [1.82, 2.24) is 14.8 Å². The van der Waals surface area contributed by atoms with Gasteiger partial charge in [-0.3, -0.25) is 9.67 Å². The van der Waals surface area contributed by atoms with Crippen LogP contribution in [0.15, 0.2) is 47.7 Å². The predicted molar refractivity (Wildman–Crippen MR) is 125 cm³/mol. The van der Waals surface area contributed by atoms with Gasteiger partial charge in [0.2, 0.25) is 0 Å². The van der Waals surface area contributed by atoms with Gasteiger partial charge in [0, 0.05) is 41.1 Å². The Morgan fingerprint density at radius 3 is 2.82 bits per heavy atom. The number of aromatic nitrogens is 3. The number of hydrogen-bond donors (Lipinski definition) is 2. The number of benzene rings is 1. The van der Waals surface area contributed by atoms with Crippen LogP contribution in [0.1, 0.15) is 49.9 Å². The SMILES string of the molecule is CC(C)n1nc2c(c1C#N)-c1cnc(N)c(c1)O[C@H](C)c1cc(F)ccc1N=C(C=CN)C2. The van der Waals surface area contributed by atoms with Crippen LogP contribution < -0.4 is 16.2 Å². The number of ether oxygens (including phenoxy) is 1. The van der Waals surface area contributed by atoms with E-state index in [4.69, 9.17) is 26.3 Å². The highest BCUT2D eigenvalue weighted by Gasteiger charge is 2.24. The van der Waals surface area contributed by atoms with E-state index < -0.39 is 11.9 Å². The Balaban J connectivity index is 2.05. The van der Waals surface area contributed by atoms with Gasteiger partial charge in [-0.05, 0) is 57.3 Å². The maximum Gasteiger partial charge on any atom is 0.166 e. The van der Waals surface area contributed by atoms with Crippen molar-refractivity contribution < 1.29 is 9.13 Å². The fraction of sp³-hybridized carbons (Fsp3) is 0.250. The number of allylic oxidation sites excluding steroid dienone is 1. The summed E-state index contributed by atoms with van der Waals surface area (Å²) >= 11 is 0. The van der Waals surface area contributed by atoms with Crippen LogP contribution in [0.5, 0.6) is 5.75 Å². The second-order valence-electron chi connectivity index (χ2n) is 8.03. The second kappa shape index (κ2) is 8.74. The van der Waals surface area contributed by atoms with Crippen molar-refractivity contribution in [3.05, 3.63) is 65.5 Å². The molecule has 9 heteroatoms. The van der Waals surface area contributed by atoms with E-state index in [1.54, 1.807) is 36.0 Å². The highest BCUT2D eigenvalue weighted by atomic mass is 19.1. The van der Waals surface area contributed by atoms with E-state index in [9.17, 15) is 9.65 Å². The first-order valence-electron chi connectivity index (χ1n) is 10.5. The predicted octanol–water partition coefficient (Wildman–Crippen LogP) is 4.36. The highest BCUT2D eigenvalue weighted by molar-refractivity contribution is 5.99. The molecule has 0 aliphatic carbocycles. The minimum absolute atomic E-state index is 0.0468. The first-order chi connectivity index (χ1) is 15.8. The largest absolute Gasteiger partial charge is 0.482 e. The summed E-state index contributed by atoms with van der Waals surface area (Å²) < 4.78 is 21.9. The number of nitrogens with zero attached hydrogens (tertiary/aromatic N) is 5. The van der Waals surface area contributed by atoms with Crippen molar-refractivity contribution in [1.29, 1.82) is 5.26 Å². The van der Waals surface area contributed by atoms with Gasteiger partial charge in [0.1, 0.15) is 23.7 Å². The smallest absolute Gasteiger partial charge is 0.166 e. The molecule has 1 aliphatic rings. The van der Waals surface area contributed by atoms with Gasteiger partial charge in [0.25, 0.3) is 0 Å². The standard InChI is InChI=1S/C24H24FN7O/c1-13(2)32-21(11-27)23-15-8-22(24(28)29-12-15)33-14(3)18-9-16(25)4-5-19(18)30-17(6-7-26)10-20(23)31-32/h4-9,12-14H,10,26H2,1-3H3,(H2,28,29)/t14-/m1/s1. The van der Waals surface area contributed by atoms with Gasteiger partial charge < -0.3 is 16.2 Å². The number of anilines is 1. The lowest BCUT2D eigenvalue weighted by atomic mass is 10.0. The molecule has 4 rings (SSSR count). The molecule has 4 N–H and O–H groups in total. The van der Waals surface area contributed by atoms with E-state index in [0.717, 1.165) is 0 Å². The van der Waals surface area contributed by atoms with Gasteiger partial charge in [-0.25, -0.2) is 9.37 Å². The van der Waals surface area contributed by atoms with Crippen LogP contribution in [0.4, 0.5) is 15.9 Å². The number of rotatable bonds is 2. The lowest BCUT2D eigenvalue weighted by molar-refractivity contribution is 0.228. The molecule has 33 heavy (non-hydrogen) atoms. The Bertz CT molecular complexity index is 1320. The first-order valence-corrected chi connectivity index (χ1v) is 10.5. The zero-order valence-corrected chi connectivity index (χ0v) is 18.6. The lowest BCUT2D eigenvalue weighted by Gasteiger charge is -2.19. The quantitative estimate of drug-likeness (QED) is 0.603. The molecule has 0 saturated carbocycles. The first kappa shape index (κ1) is 22.0. The number of nitrogen functional groups attached to an aromatic ring is 1. The maximum atomic E-state index is 14.1. The molecule has 0 unspecified atom stereocenters. The Kier molecular flexibility index (Phi) is 5.84. The molecule has 2 aromatic heterocycles. The molecule has 0 fully saturated rings. The number of halogens is 1. The molecule has 8 nitrogen and oxygen atoms in total. The molecule has 1 aliphatic heterocycles. The van der Waals surface area contributed by atoms with E-state index >= 15 is 0 Å². The molecule has 0 saturated heterocycles. The maximum absolute atomic E-state index is 14.1. The van der Waals surface area contributed by atoms with Gasteiger partial charge in [-0.2, -0.15) is 10.4 Å². The Morgan fingerprint density at radius 2 is 2.12 bits per heavy atom. The molecule has 1 atom stereocenters. The van der Waals surface area contributed by atoms with Gasteiger partial charge in [-0.1, -0.05) is 0 Å². The number of fused-ring (bicyclic) bond motifs is 5. The normalized spacial score (nSPS) is 15.6. The minimum Gasteiger partial charge on any atom is -0.482 e. The summed E-state index contributed by atoms with van der Waals surface area (Å²) in [5, 5.41) is 14.7. The highest BCUT2D eigenvalue weighted by Crippen LogP contribution is 2.37. The number of nitriles is 1. The van der Waals surface area contributed by atoms with Crippen LogP contribution in [0.25, 0.3) is 11.1 Å². The van der Waals surface area contributed by atoms with Crippen LogP contribution in [0, 0.1) is 17.1 Å². The monoisotopic (exact) mass is 445 g/mol. The van der Waals surface area contributed by atoms with Crippen LogP contribution in [0.3, 0.4) is 0 Å². The fourth-order valence-electron chi connectivity index (χ4n) is 3.86. The second-order valence-corrected chi connectivity index (χ2v) is 8.03. The molecule has 0 radical (unpaired) electrons. The van der Waals surface area contributed by atoms with Crippen molar-refractivity contribution in [3.8, 4) is 22.9 Å². The lowest BCUT2D eigenvalue weighted by Crippen LogP contribution is -2.09. The van der Waals surface area contributed by atoms with Crippen LogP contribution >= 0.6 is 0 Å². The van der Waals surface area contributed by atoms with Crippen LogP contribution in [-0.4, -0.2) is 20.5 Å². The summed E-state index contributed by atoms with van der Waals surface area (Å²) in [7, 11) is 0. The van der Waals surface area contributed by atoms with Crippen LogP contribution in [-0.2, 0) is 6.42 Å². The van der Waals surface area contributed by atoms with Crippen molar-refractivity contribution in [2.45, 2.75) is 39.3 Å². The Labute approximate surface area is 191 Å². The molecule has 168 valence electrons. The number of nitrogens with two attached hydrogens (primary N) is 2. The van der Waals surface area contributed by atoms with Gasteiger partial charge in [0.15, 0.2) is 11.6 Å². The molecule has 3 aromatic rings.